The van der Waals surface area contributed by atoms with Crippen LogP contribution in [-0.4, -0.2) is 16.0 Å². The summed E-state index contributed by atoms with van der Waals surface area (Å²) in [5.41, 5.74) is 0.940. The van der Waals surface area contributed by atoms with Crippen molar-refractivity contribution in [3.05, 3.63) is 16.5 Å². The molecule has 1 heterocycles. The van der Waals surface area contributed by atoms with Crippen LogP contribution in [0.2, 0.25) is 5.15 Å². The fraction of sp³-hybridized carbons (Fsp3) is 0.714. The molecule has 0 aromatic carbocycles. The summed E-state index contributed by atoms with van der Waals surface area (Å²) in [5.74, 6) is 1.98. The van der Waals surface area contributed by atoms with Crippen LogP contribution in [0.15, 0.2) is 0 Å². The molecule has 0 aliphatic carbocycles. The molecule has 1 N–H and O–H groups in total. The molecule has 1 aromatic heterocycles. The van der Waals surface area contributed by atoms with Crippen molar-refractivity contribution in [3.63, 3.8) is 0 Å². The summed E-state index contributed by atoms with van der Waals surface area (Å²) in [6.45, 7) is 10.5. The number of halogens is 1. The van der Waals surface area contributed by atoms with Gasteiger partial charge in [-0.15, -0.1) is 0 Å². The predicted octanol–water partition coefficient (Wildman–Crippen LogP) is 4.55. The van der Waals surface area contributed by atoms with Gasteiger partial charge in [0.2, 0.25) is 0 Å². The number of aromatic nitrogens is 2. The van der Waals surface area contributed by atoms with Crippen LogP contribution in [0.5, 0.6) is 0 Å². The van der Waals surface area contributed by atoms with Gasteiger partial charge in [0, 0.05) is 17.5 Å². The quantitative estimate of drug-likeness (QED) is 0.770. The molecule has 0 saturated carbocycles. The monoisotopic (exact) mass is 269 g/mol. The first-order valence-electron chi connectivity index (χ1n) is 6.80. The Morgan fingerprint density at radius 3 is 2.39 bits per heavy atom. The maximum atomic E-state index is 6.18. The van der Waals surface area contributed by atoms with Gasteiger partial charge in [-0.05, 0) is 19.8 Å². The molecular weight excluding hydrogens is 246 g/mol. The zero-order valence-electron chi connectivity index (χ0n) is 12.0. The zero-order chi connectivity index (χ0) is 13.7. The molecule has 0 amide bonds. The highest BCUT2D eigenvalue weighted by Gasteiger charge is 2.14. The summed E-state index contributed by atoms with van der Waals surface area (Å²) in [6, 6.07) is 0.458. The van der Waals surface area contributed by atoms with E-state index in [0.717, 1.165) is 30.0 Å². The van der Waals surface area contributed by atoms with Crippen molar-refractivity contribution in [1.29, 1.82) is 0 Å². The lowest BCUT2D eigenvalue weighted by molar-refractivity contribution is 0.618. The predicted molar refractivity (Wildman–Crippen MR) is 78.5 cm³/mol. The number of nitrogens with zero attached hydrogens (tertiary/aromatic N) is 2. The highest BCUT2D eigenvalue weighted by molar-refractivity contribution is 6.30. The van der Waals surface area contributed by atoms with Crippen LogP contribution >= 0.6 is 11.6 Å². The van der Waals surface area contributed by atoms with Crippen LogP contribution in [0, 0.1) is 6.92 Å². The van der Waals surface area contributed by atoms with Gasteiger partial charge in [-0.2, -0.15) is 0 Å². The highest BCUT2D eigenvalue weighted by atomic mass is 35.5. The average molecular weight is 270 g/mol. The molecule has 0 spiro atoms. The van der Waals surface area contributed by atoms with Crippen LogP contribution in [-0.2, 0) is 0 Å². The molecule has 1 unspecified atom stereocenters. The first kappa shape index (κ1) is 15.2. The molecule has 0 aliphatic rings. The number of nitrogens with one attached hydrogen (secondary N) is 1. The van der Waals surface area contributed by atoms with Gasteiger partial charge in [0.15, 0.2) is 0 Å². The van der Waals surface area contributed by atoms with Crippen LogP contribution in [0.1, 0.15) is 64.3 Å². The summed E-state index contributed by atoms with van der Waals surface area (Å²) in [5, 5.41) is 4.06. The molecule has 4 heteroatoms. The maximum Gasteiger partial charge on any atom is 0.137 e. The van der Waals surface area contributed by atoms with Crippen LogP contribution in [0.25, 0.3) is 0 Å². The van der Waals surface area contributed by atoms with E-state index in [2.05, 4.69) is 43.0 Å². The Kier molecular flexibility index (Phi) is 5.86. The zero-order valence-corrected chi connectivity index (χ0v) is 12.8. The van der Waals surface area contributed by atoms with E-state index in [-0.39, 0.29) is 5.92 Å². The molecular formula is C14H24ClN3. The van der Waals surface area contributed by atoms with Crippen molar-refractivity contribution < 1.29 is 0 Å². The van der Waals surface area contributed by atoms with E-state index in [9.17, 15) is 0 Å². The minimum atomic E-state index is 0.287. The second kappa shape index (κ2) is 6.93. The number of hydrogen-bond donors (Lipinski definition) is 1. The van der Waals surface area contributed by atoms with Gasteiger partial charge in [0.05, 0.1) is 0 Å². The normalized spacial score (nSPS) is 12.8. The van der Waals surface area contributed by atoms with Gasteiger partial charge in [-0.1, -0.05) is 45.7 Å². The molecule has 0 saturated heterocycles. The third kappa shape index (κ3) is 3.84. The van der Waals surface area contributed by atoms with Gasteiger partial charge >= 0.3 is 0 Å². The van der Waals surface area contributed by atoms with Gasteiger partial charge in [0.25, 0.3) is 0 Å². The minimum absolute atomic E-state index is 0.287. The first-order valence-corrected chi connectivity index (χ1v) is 7.17. The van der Waals surface area contributed by atoms with E-state index in [1.807, 2.05) is 6.92 Å². The van der Waals surface area contributed by atoms with Crippen molar-refractivity contribution in [1.82, 2.24) is 9.97 Å². The van der Waals surface area contributed by atoms with Crippen molar-refractivity contribution in [2.45, 2.75) is 65.8 Å². The maximum absolute atomic E-state index is 6.18. The minimum Gasteiger partial charge on any atom is -0.367 e. The lowest BCUT2D eigenvalue weighted by Gasteiger charge is -2.19. The second-order valence-corrected chi connectivity index (χ2v) is 5.40. The Morgan fingerprint density at radius 2 is 1.89 bits per heavy atom. The molecule has 0 fully saturated rings. The smallest absolute Gasteiger partial charge is 0.137 e. The molecule has 1 rings (SSSR count). The Morgan fingerprint density at radius 1 is 1.22 bits per heavy atom. The summed E-state index contributed by atoms with van der Waals surface area (Å²) in [4.78, 5) is 8.92. The van der Waals surface area contributed by atoms with Gasteiger partial charge < -0.3 is 5.32 Å². The van der Waals surface area contributed by atoms with Crippen LogP contribution in [0.3, 0.4) is 0 Å². The van der Waals surface area contributed by atoms with E-state index in [0.29, 0.717) is 11.2 Å². The lowest BCUT2D eigenvalue weighted by atomic mass is 10.1. The summed E-state index contributed by atoms with van der Waals surface area (Å²) >= 11 is 6.18. The Balaban J connectivity index is 2.99. The van der Waals surface area contributed by atoms with Crippen molar-refractivity contribution in [2.24, 2.45) is 0 Å². The third-order valence-corrected chi connectivity index (χ3v) is 3.46. The molecule has 0 radical (unpaired) electrons. The summed E-state index contributed by atoms with van der Waals surface area (Å²) in [6.07, 6.45) is 3.40. The van der Waals surface area contributed by atoms with Gasteiger partial charge in [-0.25, -0.2) is 9.97 Å². The molecule has 1 atom stereocenters. The van der Waals surface area contributed by atoms with E-state index in [1.165, 1.54) is 6.42 Å². The van der Waals surface area contributed by atoms with E-state index in [4.69, 9.17) is 11.6 Å². The molecule has 0 bridgehead atoms. The standard InChI is InChI=1S/C14H24ClN3/c1-6-8-11(7-2)16-14-10(5)12(15)17-13(18-14)9(3)4/h9,11H,6-8H2,1-5H3,(H,16,17,18). The number of rotatable bonds is 6. The van der Waals surface area contributed by atoms with E-state index >= 15 is 0 Å². The number of hydrogen-bond acceptors (Lipinski definition) is 3. The van der Waals surface area contributed by atoms with Gasteiger partial charge in [0.1, 0.15) is 16.8 Å². The fourth-order valence-corrected chi connectivity index (χ4v) is 2.00. The largest absolute Gasteiger partial charge is 0.367 e. The summed E-state index contributed by atoms with van der Waals surface area (Å²) < 4.78 is 0. The van der Waals surface area contributed by atoms with E-state index < -0.39 is 0 Å². The van der Waals surface area contributed by atoms with Crippen molar-refractivity contribution in [2.75, 3.05) is 5.32 Å². The average Bonchev–Trinajstić information content (AvgIpc) is 2.33. The third-order valence-electron chi connectivity index (χ3n) is 3.09. The van der Waals surface area contributed by atoms with Crippen molar-refractivity contribution >= 4 is 17.4 Å². The fourth-order valence-electron chi connectivity index (χ4n) is 1.82. The molecule has 3 nitrogen and oxygen atoms in total. The van der Waals surface area contributed by atoms with Crippen molar-refractivity contribution in [3.8, 4) is 0 Å². The highest BCUT2D eigenvalue weighted by Crippen LogP contribution is 2.24. The molecule has 102 valence electrons. The Hall–Kier alpha value is -0.830. The molecule has 18 heavy (non-hydrogen) atoms. The van der Waals surface area contributed by atoms with Crippen LogP contribution in [0.4, 0.5) is 5.82 Å². The van der Waals surface area contributed by atoms with E-state index in [1.54, 1.807) is 0 Å². The SMILES string of the molecule is CCCC(CC)Nc1nc(C(C)C)nc(Cl)c1C. The first-order chi connectivity index (χ1) is 8.49. The summed E-state index contributed by atoms with van der Waals surface area (Å²) in [7, 11) is 0. The Labute approximate surface area is 115 Å². The van der Waals surface area contributed by atoms with Gasteiger partial charge in [-0.3, -0.25) is 0 Å². The number of anilines is 1. The van der Waals surface area contributed by atoms with Crippen LogP contribution < -0.4 is 5.32 Å². The lowest BCUT2D eigenvalue weighted by Crippen LogP contribution is -2.20. The molecule has 1 aromatic rings. The molecule has 0 aliphatic heterocycles. The Bertz CT molecular complexity index is 391. The second-order valence-electron chi connectivity index (χ2n) is 5.04. The topological polar surface area (TPSA) is 37.8 Å².